The Labute approximate surface area is 222 Å². The number of anilines is 3. The summed E-state index contributed by atoms with van der Waals surface area (Å²) in [6, 6.07) is 9.86. The van der Waals surface area contributed by atoms with Crippen molar-refractivity contribution in [2.75, 3.05) is 29.6 Å². The van der Waals surface area contributed by atoms with E-state index >= 15 is 0 Å². The highest BCUT2D eigenvalue weighted by molar-refractivity contribution is 6.01. The van der Waals surface area contributed by atoms with Crippen LogP contribution in [0.1, 0.15) is 37.4 Å². The summed E-state index contributed by atoms with van der Waals surface area (Å²) < 4.78 is 47.5. The van der Waals surface area contributed by atoms with Crippen LogP contribution >= 0.6 is 0 Å². The van der Waals surface area contributed by atoms with Crippen LogP contribution in [0.4, 0.5) is 35.2 Å². The summed E-state index contributed by atoms with van der Waals surface area (Å²) in [5.74, 6) is 0.463. The van der Waals surface area contributed by atoms with E-state index in [1.165, 1.54) is 6.33 Å². The average molecular weight is 540 g/mol. The van der Waals surface area contributed by atoms with Crippen molar-refractivity contribution in [3.63, 3.8) is 0 Å². The molecule has 1 saturated heterocycles. The Morgan fingerprint density at radius 1 is 1.13 bits per heavy atom. The van der Waals surface area contributed by atoms with Gasteiger partial charge in [-0.1, -0.05) is 26.0 Å². The lowest BCUT2D eigenvalue weighted by atomic mass is 10.00. The van der Waals surface area contributed by atoms with E-state index in [1.807, 2.05) is 18.5 Å². The van der Waals surface area contributed by atoms with E-state index < -0.39 is 17.8 Å². The summed E-state index contributed by atoms with van der Waals surface area (Å²) >= 11 is 0. The van der Waals surface area contributed by atoms with Crippen LogP contribution in [0.5, 0.6) is 0 Å². The number of hydrogen-bond acceptors (Lipinski definition) is 6. The molecule has 2 aromatic carbocycles. The number of nitrogens with one attached hydrogen (secondary N) is 2. The number of halogens is 3. The third kappa shape index (κ3) is 5.80. The Morgan fingerprint density at radius 2 is 1.87 bits per heavy atom. The van der Waals surface area contributed by atoms with Crippen molar-refractivity contribution in [3.8, 4) is 11.3 Å². The first-order valence-corrected chi connectivity index (χ1v) is 12.5. The van der Waals surface area contributed by atoms with E-state index in [2.05, 4.69) is 20.6 Å². The van der Waals surface area contributed by atoms with Crippen LogP contribution in [-0.4, -0.2) is 39.0 Å². The molecule has 0 radical (unpaired) electrons. The number of benzene rings is 2. The van der Waals surface area contributed by atoms with Crippen LogP contribution in [0.3, 0.4) is 0 Å². The fourth-order valence-electron chi connectivity index (χ4n) is 4.69. The van der Waals surface area contributed by atoms with Crippen LogP contribution in [0.2, 0.25) is 0 Å². The highest BCUT2D eigenvalue weighted by atomic mass is 19.4. The normalized spacial score (nSPS) is 15.7. The minimum Gasteiger partial charge on any atom is -0.383 e. The van der Waals surface area contributed by atoms with E-state index in [1.54, 1.807) is 30.3 Å². The predicted octanol–water partition coefficient (Wildman–Crippen LogP) is 5.90. The van der Waals surface area contributed by atoms with Crippen LogP contribution in [0.25, 0.3) is 22.3 Å². The van der Waals surface area contributed by atoms with Gasteiger partial charge in [-0.15, -0.1) is 0 Å². The molecular formula is C27H28F3N7O2. The number of amides is 2. The summed E-state index contributed by atoms with van der Waals surface area (Å²) in [5, 5.41) is 10.6. The number of carbonyl (C=O) groups is 1. The SMILES string of the molecule is CC(C)Cc1cc(NC(=O)Nc2ccc(-c3nn(C4CCOC4)c4ncnc(N)c34)cc2)cc(C(F)(F)F)c1. The molecule has 2 amide bonds. The number of nitrogen functional groups attached to an aromatic ring is 1. The monoisotopic (exact) mass is 539 g/mol. The number of urea groups is 1. The Kier molecular flexibility index (Phi) is 7.13. The van der Waals surface area contributed by atoms with Gasteiger partial charge in [0.15, 0.2) is 5.65 Å². The van der Waals surface area contributed by atoms with Crippen molar-refractivity contribution in [2.24, 2.45) is 5.92 Å². The molecule has 39 heavy (non-hydrogen) atoms. The Morgan fingerprint density at radius 3 is 2.54 bits per heavy atom. The van der Waals surface area contributed by atoms with Crippen molar-refractivity contribution < 1.29 is 22.7 Å². The zero-order chi connectivity index (χ0) is 27.7. The third-order valence-electron chi connectivity index (χ3n) is 6.41. The van der Waals surface area contributed by atoms with E-state index in [0.29, 0.717) is 53.4 Å². The first-order chi connectivity index (χ1) is 18.6. The number of nitrogens with zero attached hydrogens (tertiary/aromatic N) is 4. The van der Waals surface area contributed by atoms with Crippen molar-refractivity contribution in [2.45, 2.75) is 38.9 Å². The minimum atomic E-state index is -4.52. The van der Waals surface area contributed by atoms with Crippen molar-refractivity contribution in [1.82, 2.24) is 19.7 Å². The van der Waals surface area contributed by atoms with Crippen LogP contribution in [0, 0.1) is 5.92 Å². The molecular weight excluding hydrogens is 511 g/mol. The molecule has 2 aromatic heterocycles. The number of aromatic nitrogens is 4. The van der Waals surface area contributed by atoms with Crippen molar-refractivity contribution in [1.29, 1.82) is 0 Å². The number of alkyl halides is 3. The number of fused-ring (bicyclic) bond motifs is 1. The fraction of sp³-hybridized carbons (Fsp3) is 0.333. The summed E-state index contributed by atoms with van der Waals surface area (Å²) in [4.78, 5) is 21.1. The van der Waals surface area contributed by atoms with Gasteiger partial charge in [0.1, 0.15) is 17.8 Å². The van der Waals surface area contributed by atoms with E-state index in [9.17, 15) is 18.0 Å². The maximum Gasteiger partial charge on any atom is 0.416 e. The highest BCUT2D eigenvalue weighted by Gasteiger charge is 2.31. The minimum absolute atomic E-state index is 0.0390. The average Bonchev–Trinajstić information content (AvgIpc) is 3.52. The highest BCUT2D eigenvalue weighted by Crippen LogP contribution is 2.34. The molecule has 1 fully saturated rings. The predicted molar refractivity (Wildman–Crippen MR) is 142 cm³/mol. The van der Waals surface area contributed by atoms with Gasteiger partial charge in [-0.05, 0) is 54.7 Å². The van der Waals surface area contributed by atoms with Gasteiger partial charge in [-0.3, -0.25) is 0 Å². The lowest BCUT2D eigenvalue weighted by Gasteiger charge is -2.15. The number of ether oxygens (including phenoxy) is 1. The second-order valence-electron chi connectivity index (χ2n) is 9.94. The second-order valence-corrected chi connectivity index (χ2v) is 9.94. The van der Waals surface area contributed by atoms with E-state index in [-0.39, 0.29) is 17.6 Å². The first kappa shape index (κ1) is 26.4. The first-order valence-electron chi connectivity index (χ1n) is 12.5. The molecule has 1 atom stereocenters. The number of nitrogens with two attached hydrogens (primary N) is 1. The van der Waals surface area contributed by atoms with Gasteiger partial charge < -0.3 is 21.1 Å². The molecule has 1 unspecified atom stereocenters. The Hall–Kier alpha value is -4.19. The number of carbonyl (C=O) groups excluding carboxylic acids is 1. The van der Waals surface area contributed by atoms with E-state index in [4.69, 9.17) is 15.6 Å². The molecule has 1 aliphatic heterocycles. The summed E-state index contributed by atoms with van der Waals surface area (Å²) in [5.41, 5.74) is 8.35. The van der Waals surface area contributed by atoms with E-state index in [0.717, 1.165) is 24.1 Å². The van der Waals surface area contributed by atoms with Gasteiger partial charge in [-0.25, -0.2) is 19.4 Å². The van der Waals surface area contributed by atoms with Gasteiger partial charge >= 0.3 is 12.2 Å². The molecule has 0 saturated carbocycles. The van der Waals surface area contributed by atoms with Crippen molar-refractivity contribution in [3.05, 3.63) is 59.9 Å². The molecule has 0 bridgehead atoms. The van der Waals surface area contributed by atoms with Gasteiger partial charge in [0.05, 0.1) is 23.6 Å². The Balaban J connectivity index is 1.35. The van der Waals surface area contributed by atoms with Crippen molar-refractivity contribution >= 4 is 34.3 Å². The zero-order valence-corrected chi connectivity index (χ0v) is 21.4. The van der Waals surface area contributed by atoms with Crippen LogP contribution < -0.4 is 16.4 Å². The quantitative estimate of drug-likeness (QED) is 0.281. The number of rotatable bonds is 6. The molecule has 4 N–H and O–H groups in total. The molecule has 4 aromatic rings. The van der Waals surface area contributed by atoms with Gasteiger partial charge in [0.25, 0.3) is 0 Å². The summed E-state index contributed by atoms with van der Waals surface area (Å²) in [6.45, 7) is 5.01. The zero-order valence-electron chi connectivity index (χ0n) is 21.4. The Bertz CT molecular complexity index is 1490. The smallest absolute Gasteiger partial charge is 0.383 e. The standard InChI is InChI=1S/C27H28F3N7O2/c1-15(2)9-16-10-18(27(28,29)30)12-20(11-16)35-26(38)34-19-5-3-17(4-6-19)23-22-24(31)32-14-33-25(22)37(36-23)21-7-8-39-13-21/h3-6,10-12,14-15,21H,7-9,13H2,1-2H3,(H2,31,32,33)(H2,34,35,38). The van der Waals surface area contributed by atoms with Gasteiger partial charge in [0.2, 0.25) is 0 Å². The fourth-order valence-corrected chi connectivity index (χ4v) is 4.69. The lowest BCUT2D eigenvalue weighted by Crippen LogP contribution is -2.20. The molecule has 3 heterocycles. The van der Waals surface area contributed by atoms with Crippen LogP contribution in [-0.2, 0) is 17.3 Å². The largest absolute Gasteiger partial charge is 0.416 e. The second kappa shape index (κ2) is 10.5. The maximum absolute atomic E-state index is 13.4. The molecule has 0 aliphatic carbocycles. The molecule has 204 valence electrons. The van der Waals surface area contributed by atoms with Gasteiger partial charge in [-0.2, -0.15) is 18.3 Å². The number of hydrogen-bond donors (Lipinski definition) is 3. The molecule has 5 rings (SSSR count). The third-order valence-corrected chi connectivity index (χ3v) is 6.41. The summed E-state index contributed by atoms with van der Waals surface area (Å²) in [7, 11) is 0. The topological polar surface area (TPSA) is 120 Å². The molecule has 9 nitrogen and oxygen atoms in total. The lowest BCUT2D eigenvalue weighted by molar-refractivity contribution is -0.137. The van der Waals surface area contributed by atoms with Crippen LogP contribution in [0.15, 0.2) is 48.8 Å². The molecule has 12 heteroatoms. The maximum atomic E-state index is 13.4. The molecule has 0 spiro atoms. The molecule has 1 aliphatic rings. The van der Waals surface area contributed by atoms with Gasteiger partial charge in [0, 0.05) is 23.5 Å². The summed E-state index contributed by atoms with van der Waals surface area (Å²) in [6.07, 6.45) is -1.86.